The third-order valence-corrected chi connectivity index (χ3v) is 4.24. The number of likely N-dealkylation sites (tertiary alicyclic amines) is 1. The summed E-state index contributed by atoms with van der Waals surface area (Å²) >= 11 is 0. The van der Waals surface area contributed by atoms with Crippen LogP contribution in [0.15, 0.2) is 30.3 Å². The van der Waals surface area contributed by atoms with Gasteiger partial charge in [0, 0.05) is 6.04 Å². The van der Waals surface area contributed by atoms with Crippen molar-refractivity contribution in [2.45, 2.75) is 51.3 Å². The Balaban J connectivity index is 1.88. The molecule has 0 spiro atoms. The van der Waals surface area contributed by atoms with Gasteiger partial charge in [0.2, 0.25) is 5.91 Å². The van der Waals surface area contributed by atoms with Gasteiger partial charge in [-0.05, 0) is 38.8 Å². The van der Waals surface area contributed by atoms with E-state index in [1.165, 1.54) is 0 Å². The molecule has 1 heterocycles. The first-order valence-electron chi connectivity index (χ1n) is 7.84. The van der Waals surface area contributed by atoms with Crippen LogP contribution in [-0.2, 0) is 4.79 Å². The van der Waals surface area contributed by atoms with Crippen LogP contribution in [0.5, 0.6) is 0 Å². The third-order valence-electron chi connectivity index (χ3n) is 4.24. The van der Waals surface area contributed by atoms with Crippen LogP contribution >= 0.6 is 0 Å². The average molecular weight is 290 g/mol. The number of nitrogens with zero attached hydrogens (tertiary/aromatic N) is 1. The number of carbonyl (C=O) groups excluding carboxylic acids is 1. The van der Waals surface area contributed by atoms with Crippen molar-refractivity contribution < 1.29 is 9.90 Å². The van der Waals surface area contributed by atoms with E-state index < -0.39 is 0 Å². The van der Waals surface area contributed by atoms with Crippen LogP contribution in [0, 0.1) is 0 Å². The third kappa shape index (κ3) is 4.55. The molecule has 1 saturated heterocycles. The molecule has 0 aliphatic carbocycles. The SMILES string of the molecule is C[C@H](NC(=O)CN1CCCC[C@H]1[C@@H](C)O)c1ccccc1. The van der Waals surface area contributed by atoms with E-state index in [0.717, 1.165) is 31.4 Å². The lowest BCUT2D eigenvalue weighted by Crippen LogP contribution is -2.50. The molecule has 2 N–H and O–H groups in total. The molecule has 0 radical (unpaired) electrons. The number of benzene rings is 1. The summed E-state index contributed by atoms with van der Waals surface area (Å²) in [5, 5.41) is 12.9. The molecular formula is C17H26N2O2. The van der Waals surface area contributed by atoms with Crippen LogP contribution < -0.4 is 5.32 Å². The van der Waals surface area contributed by atoms with Crippen molar-refractivity contribution in [1.82, 2.24) is 10.2 Å². The summed E-state index contributed by atoms with van der Waals surface area (Å²) in [5.41, 5.74) is 1.11. The smallest absolute Gasteiger partial charge is 0.234 e. The van der Waals surface area contributed by atoms with Crippen LogP contribution in [0.4, 0.5) is 0 Å². The summed E-state index contributed by atoms with van der Waals surface area (Å²) in [7, 11) is 0. The van der Waals surface area contributed by atoms with Crippen LogP contribution in [0.3, 0.4) is 0 Å². The Kier molecular flexibility index (Phi) is 5.76. The first-order valence-corrected chi connectivity index (χ1v) is 7.84. The molecule has 116 valence electrons. The van der Waals surface area contributed by atoms with Gasteiger partial charge in [-0.3, -0.25) is 9.69 Å². The van der Waals surface area contributed by atoms with Gasteiger partial charge in [-0.15, -0.1) is 0 Å². The van der Waals surface area contributed by atoms with Crippen LogP contribution in [0.1, 0.15) is 44.7 Å². The highest BCUT2D eigenvalue weighted by Gasteiger charge is 2.27. The lowest BCUT2D eigenvalue weighted by atomic mass is 9.98. The van der Waals surface area contributed by atoms with Crippen LogP contribution in [0.2, 0.25) is 0 Å². The van der Waals surface area contributed by atoms with Gasteiger partial charge in [0.05, 0.1) is 18.7 Å². The Morgan fingerprint density at radius 2 is 2.05 bits per heavy atom. The Morgan fingerprint density at radius 1 is 1.33 bits per heavy atom. The number of amides is 1. The molecule has 1 aromatic carbocycles. The molecule has 1 aliphatic rings. The van der Waals surface area contributed by atoms with Crippen molar-refractivity contribution in [3.8, 4) is 0 Å². The summed E-state index contributed by atoms with van der Waals surface area (Å²) in [6.07, 6.45) is 2.82. The van der Waals surface area contributed by atoms with Gasteiger partial charge in [-0.25, -0.2) is 0 Å². The average Bonchev–Trinajstić information content (AvgIpc) is 2.48. The molecule has 21 heavy (non-hydrogen) atoms. The number of carbonyl (C=O) groups is 1. The minimum absolute atomic E-state index is 0.00786. The Bertz CT molecular complexity index is 447. The monoisotopic (exact) mass is 290 g/mol. The topological polar surface area (TPSA) is 52.6 Å². The fraction of sp³-hybridized carbons (Fsp3) is 0.588. The van der Waals surface area contributed by atoms with E-state index in [9.17, 15) is 9.90 Å². The molecule has 0 saturated carbocycles. The highest BCUT2D eigenvalue weighted by Crippen LogP contribution is 2.19. The van der Waals surface area contributed by atoms with E-state index in [1.54, 1.807) is 0 Å². The molecule has 0 bridgehead atoms. The Labute approximate surface area is 127 Å². The minimum Gasteiger partial charge on any atom is -0.392 e. The van der Waals surface area contributed by atoms with Crippen molar-refractivity contribution in [2.24, 2.45) is 0 Å². The zero-order chi connectivity index (χ0) is 15.2. The van der Waals surface area contributed by atoms with Gasteiger partial charge in [-0.1, -0.05) is 36.8 Å². The van der Waals surface area contributed by atoms with Crippen molar-refractivity contribution >= 4 is 5.91 Å². The molecule has 1 aromatic rings. The number of nitrogens with one attached hydrogen (secondary N) is 1. The van der Waals surface area contributed by atoms with E-state index in [2.05, 4.69) is 10.2 Å². The maximum atomic E-state index is 12.2. The maximum absolute atomic E-state index is 12.2. The lowest BCUT2D eigenvalue weighted by Gasteiger charge is -2.37. The largest absolute Gasteiger partial charge is 0.392 e. The number of piperidine rings is 1. The van der Waals surface area contributed by atoms with E-state index in [1.807, 2.05) is 44.2 Å². The summed E-state index contributed by atoms with van der Waals surface area (Å²) in [6.45, 7) is 5.07. The van der Waals surface area contributed by atoms with Gasteiger partial charge in [0.15, 0.2) is 0 Å². The second kappa shape index (κ2) is 7.57. The fourth-order valence-electron chi connectivity index (χ4n) is 3.06. The lowest BCUT2D eigenvalue weighted by molar-refractivity contribution is -0.124. The van der Waals surface area contributed by atoms with Gasteiger partial charge >= 0.3 is 0 Å². The highest BCUT2D eigenvalue weighted by atomic mass is 16.3. The Morgan fingerprint density at radius 3 is 2.71 bits per heavy atom. The Hall–Kier alpha value is -1.39. The van der Waals surface area contributed by atoms with Crippen LogP contribution in [0.25, 0.3) is 0 Å². The molecule has 0 unspecified atom stereocenters. The summed E-state index contributed by atoms with van der Waals surface area (Å²) in [5.74, 6) is 0.0268. The molecule has 0 aromatic heterocycles. The molecule has 1 fully saturated rings. The highest BCUT2D eigenvalue weighted by molar-refractivity contribution is 5.78. The van der Waals surface area contributed by atoms with Gasteiger partial charge in [0.1, 0.15) is 0 Å². The van der Waals surface area contributed by atoms with E-state index in [0.29, 0.717) is 6.54 Å². The van der Waals surface area contributed by atoms with E-state index in [-0.39, 0.29) is 24.1 Å². The number of hydrogen-bond donors (Lipinski definition) is 2. The molecule has 1 amide bonds. The fourth-order valence-corrected chi connectivity index (χ4v) is 3.06. The predicted octanol–water partition coefficient (Wildman–Crippen LogP) is 2.10. The number of aliphatic hydroxyl groups is 1. The molecule has 3 atom stereocenters. The second-order valence-electron chi connectivity index (χ2n) is 5.97. The van der Waals surface area contributed by atoms with Crippen molar-refractivity contribution in [1.29, 1.82) is 0 Å². The molecule has 4 nitrogen and oxygen atoms in total. The first kappa shape index (κ1) is 16.0. The zero-order valence-electron chi connectivity index (χ0n) is 13.0. The molecule has 2 rings (SSSR count). The summed E-state index contributed by atoms with van der Waals surface area (Å²) in [6, 6.07) is 10.1. The quantitative estimate of drug-likeness (QED) is 0.873. The van der Waals surface area contributed by atoms with Crippen molar-refractivity contribution in [3.63, 3.8) is 0 Å². The van der Waals surface area contributed by atoms with E-state index in [4.69, 9.17) is 0 Å². The first-order chi connectivity index (χ1) is 10.1. The van der Waals surface area contributed by atoms with Crippen molar-refractivity contribution in [2.75, 3.05) is 13.1 Å². The zero-order valence-corrected chi connectivity index (χ0v) is 13.0. The maximum Gasteiger partial charge on any atom is 0.234 e. The van der Waals surface area contributed by atoms with Crippen LogP contribution in [-0.4, -0.2) is 41.1 Å². The summed E-state index contributed by atoms with van der Waals surface area (Å²) < 4.78 is 0. The summed E-state index contributed by atoms with van der Waals surface area (Å²) in [4.78, 5) is 14.3. The van der Waals surface area contributed by atoms with Gasteiger partial charge in [0.25, 0.3) is 0 Å². The second-order valence-corrected chi connectivity index (χ2v) is 5.97. The number of aliphatic hydroxyl groups excluding tert-OH is 1. The minimum atomic E-state index is -0.385. The number of rotatable bonds is 5. The normalized spacial score (nSPS) is 22.5. The standard InChI is InChI=1S/C17H26N2O2/c1-13(15-8-4-3-5-9-15)18-17(21)12-19-11-7-6-10-16(19)14(2)20/h3-5,8-9,13-14,16,20H,6-7,10-12H2,1-2H3,(H,18,21)/t13-,14+,16-/m0/s1. The molecule has 4 heteroatoms. The molecule has 1 aliphatic heterocycles. The van der Waals surface area contributed by atoms with Crippen molar-refractivity contribution in [3.05, 3.63) is 35.9 Å². The predicted molar refractivity (Wildman–Crippen MR) is 83.9 cm³/mol. The van der Waals surface area contributed by atoms with E-state index >= 15 is 0 Å². The number of hydrogen-bond acceptors (Lipinski definition) is 3. The molecular weight excluding hydrogens is 264 g/mol. The van der Waals surface area contributed by atoms with Gasteiger partial charge in [-0.2, -0.15) is 0 Å². The van der Waals surface area contributed by atoms with Gasteiger partial charge < -0.3 is 10.4 Å².